The molecule has 0 bridgehead atoms. The first-order chi connectivity index (χ1) is 1.41. The molecule has 0 aliphatic rings. The van der Waals surface area contributed by atoms with E-state index in [1.165, 1.54) is 0 Å². The number of halogens is 2. The van der Waals surface area contributed by atoms with E-state index in [1.807, 2.05) is 0 Å². The minimum atomic E-state index is 0. The molecule has 0 aliphatic carbocycles. The molecule has 0 aromatic heterocycles. The van der Waals surface area contributed by atoms with Gasteiger partial charge in [0.15, 0.2) is 0 Å². The summed E-state index contributed by atoms with van der Waals surface area (Å²) in [4.78, 5) is 0. The van der Waals surface area contributed by atoms with Gasteiger partial charge in [0.05, 0.1) is 5.34 Å². The van der Waals surface area contributed by atoms with Crippen LogP contribution >= 0.6 is 23.2 Å². The summed E-state index contributed by atoms with van der Waals surface area (Å²) < 4.78 is 0. The smallest absolute Gasteiger partial charge is 0.0967 e. The van der Waals surface area contributed by atoms with Crippen molar-refractivity contribution < 1.29 is 21.1 Å². The van der Waals surface area contributed by atoms with Crippen LogP contribution in [0.4, 0.5) is 0 Å². The topological polar surface area (TPSA) is 0 Å². The van der Waals surface area contributed by atoms with Crippen molar-refractivity contribution >= 4 is 23.2 Å². The predicted molar refractivity (Wildman–Crippen MR) is 16.6 cm³/mol. The van der Waals surface area contributed by atoms with Crippen LogP contribution in [0.5, 0.6) is 0 Å². The Labute approximate surface area is 49.7 Å². The van der Waals surface area contributed by atoms with Crippen molar-refractivity contribution in [3.8, 4) is 0 Å². The van der Waals surface area contributed by atoms with Gasteiger partial charge >= 0.3 is 0 Å². The van der Waals surface area contributed by atoms with E-state index in [0.717, 1.165) is 0 Å². The van der Waals surface area contributed by atoms with Crippen LogP contribution in [0.1, 0.15) is 0 Å². The Kier molecular flexibility index (Phi) is 19.9. The molecule has 0 saturated heterocycles. The maximum absolute atomic E-state index is 4.76. The number of rotatable bonds is 0. The maximum Gasteiger partial charge on any atom is 0.0967 e. The average Bonchev–Trinajstić information content (AvgIpc) is 0.918. The molecule has 0 nitrogen and oxygen atoms in total. The van der Waals surface area contributed by atoms with Gasteiger partial charge in [-0.25, -0.2) is 0 Å². The molecule has 0 atom stereocenters. The van der Waals surface area contributed by atoms with Gasteiger partial charge in [-0.15, -0.1) is 23.2 Å². The zero-order valence-corrected chi connectivity index (χ0v) is 5.56. The van der Waals surface area contributed by atoms with E-state index in [2.05, 4.69) is 0 Å². The summed E-state index contributed by atoms with van der Waals surface area (Å²) in [5.74, 6) is 0. The van der Waals surface area contributed by atoms with Crippen LogP contribution in [0.15, 0.2) is 0 Å². The molecule has 0 unspecified atom stereocenters. The molecule has 30 valence electrons. The first-order valence-corrected chi connectivity index (χ1v) is 1.60. The molecule has 0 heterocycles. The second-order valence-electron chi connectivity index (χ2n) is 0.101. The molecular weight excluding hydrogens is 278 g/mol. The molecule has 0 aromatic carbocycles. The average molecular weight is 280 g/mol. The van der Waals surface area contributed by atoms with Gasteiger partial charge in [-0.1, -0.05) is 0 Å². The third-order valence-electron chi connectivity index (χ3n) is 0. The van der Waals surface area contributed by atoms with Gasteiger partial charge in [0.1, 0.15) is 0 Å². The molecule has 0 radical (unpaired) electrons. The number of hydrogen-bond acceptors (Lipinski definition) is 0. The van der Waals surface area contributed by atoms with Crippen LogP contribution in [0.3, 0.4) is 0 Å². The molecule has 0 N–H and O–H groups in total. The predicted octanol–water partition coefficient (Wildman–Crippen LogP) is 1.42. The summed E-state index contributed by atoms with van der Waals surface area (Å²) in [7, 11) is 0. The van der Waals surface area contributed by atoms with Crippen molar-refractivity contribution in [2.75, 3.05) is 5.34 Å². The Morgan fingerprint density at radius 1 is 1.25 bits per heavy atom. The first kappa shape index (κ1) is 8.99. The number of alkyl halides is 2. The second-order valence-corrected chi connectivity index (χ2v) is 0.909. The van der Waals surface area contributed by atoms with Crippen molar-refractivity contribution in [2.45, 2.75) is 0 Å². The zero-order chi connectivity index (χ0) is 2.71. The minimum absolute atomic E-state index is 0. The normalized spacial score (nSPS) is 4.50. The van der Waals surface area contributed by atoms with Crippen molar-refractivity contribution in [3.05, 3.63) is 0 Å². The van der Waals surface area contributed by atoms with Crippen LogP contribution < -0.4 is 0 Å². The summed E-state index contributed by atoms with van der Waals surface area (Å²) >= 11 is 9.53. The molecule has 0 saturated carbocycles. The fourth-order valence-corrected chi connectivity index (χ4v) is 0. The third-order valence-corrected chi connectivity index (χ3v) is 0. The summed E-state index contributed by atoms with van der Waals surface area (Å²) in [6.45, 7) is 0. The molecule has 0 fully saturated rings. The Balaban J connectivity index is 0. The van der Waals surface area contributed by atoms with E-state index in [9.17, 15) is 0 Å². The summed E-state index contributed by atoms with van der Waals surface area (Å²) in [5.41, 5.74) is 0. The third kappa shape index (κ3) is 10.5. The monoisotopic (exact) mass is 279 g/mol. The summed E-state index contributed by atoms with van der Waals surface area (Å²) in [5, 5.41) is 0.194. The van der Waals surface area contributed by atoms with Gasteiger partial charge in [-0.05, 0) is 0 Å². The minimum Gasteiger partial charge on any atom is -0.109 e. The van der Waals surface area contributed by atoms with Crippen LogP contribution in [0, 0.1) is 0 Å². The second kappa shape index (κ2) is 8.86. The van der Waals surface area contributed by atoms with E-state index in [0.29, 0.717) is 0 Å². The zero-order valence-electron chi connectivity index (χ0n) is 1.78. The quantitative estimate of drug-likeness (QED) is 0.589. The van der Waals surface area contributed by atoms with E-state index >= 15 is 0 Å². The van der Waals surface area contributed by atoms with Gasteiger partial charge in [0, 0.05) is 21.1 Å². The SMILES string of the molecule is ClCCl.[Pt]. The van der Waals surface area contributed by atoms with E-state index < -0.39 is 0 Å². The molecule has 0 aliphatic heterocycles. The molecule has 0 amide bonds. The molecule has 0 spiro atoms. The van der Waals surface area contributed by atoms with Crippen LogP contribution in [-0.4, -0.2) is 5.34 Å². The van der Waals surface area contributed by atoms with Crippen molar-refractivity contribution in [1.29, 1.82) is 0 Å². The fourth-order valence-electron chi connectivity index (χ4n) is 0. The van der Waals surface area contributed by atoms with Crippen LogP contribution in [0.2, 0.25) is 0 Å². The van der Waals surface area contributed by atoms with Gasteiger partial charge in [0.25, 0.3) is 0 Å². The molecular formula is CH2Cl2Pt. The van der Waals surface area contributed by atoms with E-state index in [4.69, 9.17) is 23.2 Å². The Morgan fingerprint density at radius 3 is 1.25 bits per heavy atom. The molecule has 3 heteroatoms. The van der Waals surface area contributed by atoms with Crippen LogP contribution in [-0.2, 0) is 21.1 Å². The van der Waals surface area contributed by atoms with Gasteiger partial charge in [0.2, 0.25) is 0 Å². The Bertz CT molecular complexity index is 6.00. The first-order valence-electron chi connectivity index (χ1n) is 0.535. The molecule has 0 rings (SSSR count). The Hall–Kier alpha value is 1.27. The van der Waals surface area contributed by atoms with Gasteiger partial charge in [-0.2, -0.15) is 0 Å². The van der Waals surface area contributed by atoms with E-state index in [1.54, 1.807) is 0 Å². The summed E-state index contributed by atoms with van der Waals surface area (Å²) in [6.07, 6.45) is 0. The standard InChI is InChI=1S/CH2Cl2.Pt/c2-1-3;/h1H2;. The Morgan fingerprint density at radius 2 is 1.25 bits per heavy atom. The van der Waals surface area contributed by atoms with Gasteiger partial charge in [-0.3, -0.25) is 0 Å². The van der Waals surface area contributed by atoms with E-state index in [-0.39, 0.29) is 26.4 Å². The maximum atomic E-state index is 4.76. The van der Waals surface area contributed by atoms with Crippen molar-refractivity contribution in [1.82, 2.24) is 0 Å². The molecule has 4 heavy (non-hydrogen) atoms. The molecule has 0 aromatic rings. The fraction of sp³-hybridized carbons (Fsp3) is 1.00. The van der Waals surface area contributed by atoms with Crippen molar-refractivity contribution in [3.63, 3.8) is 0 Å². The summed E-state index contributed by atoms with van der Waals surface area (Å²) in [6, 6.07) is 0. The van der Waals surface area contributed by atoms with Gasteiger partial charge < -0.3 is 0 Å². The van der Waals surface area contributed by atoms with Crippen LogP contribution in [0.25, 0.3) is 0 Å². The largest absolute Gasteiger partial charge is 0.109 e. The van der Waals surface area contributed by atoms with Crippen molar-refractivity contribution in [2.24, 2.45) is 0 Å². The number of hydrogen-bond donors (Lipinski definition) is 0.